The van der Waals surface area contributed by atoms with Gasteiger partial charge in [-0.2, -0.15) is 4.31 Å². The van der Waals surface area contributed by atoms with Crippen LogP contribution in [-0.2, 0) is 19.6 Å². The molecule has 1 saturated heterocycles. The van der Waals surface area contributed by atoms with Crippen LogP contribution in [-0.4, -0.2) is 55.0 Å². The zero-order valence-electron chi connectivity index (χ0n) is 18.2. The number of nitrogens with zero attached hydrogens (tertiary/aromatic N) is 2. The number of nitrogens with one attached hydrogen (secondary N) is 1. The van der Waals surface area contributed by atoms with Crippen molar-refractivity contribution in [3.8, 4) is 0 Å². The fraction of sp³-hybridized carbons (Fsp3) is 0.636. The molecule has 2 aliphatic rings. The van der Waals surface area contributed by atoms with Gasteiger partial charge in [-0.1, -0.05) is 43.9 Å². The van der Waals surface area contributed by atoms with Crippen molar-refractivity contribution in [1.29, 1.82) is 0 Å². The molecule has 1 saturated carbocycles. The Kier molecular flexibility index (Phi) is 6.87. The molecule has 3 rings (SSSR count). The predicted octanol–water partition coefficient (Wildman–Crippen LogP) is 2.59. The molecule has 30 heavy (non-hydrogen) atoms. The van der Waals surface area contributed by atoms with Gasteiger partial charge in [-0.15, -0.1) is 0 Å². The number of aryl methyl sites for hydroxylation is 1. The van der Waals surface area contributed by atoms with Crippen molar-refractivity contribution in [2.75, 3.05) is 23.7 Å². The number of benzene rings is 1. The Balaban J connectivity index is 1.96. The van der Waals surface area contributed by atoms with E-state index in [4.69, 9.17) is 0 Å². The Morgan fingerprint density at radius 3 is 2.40 bits per heavy atom. The van der Waals surface area contributed by atoms with Crippen LogP contribution < -0.4 is 10.2 Å². The number of hydrogen-bond donors (Lipinski definition) is 1. The molecule has 1 aromatic rings. The van der Waals surface area contributed by atoms with Crippen molar-refractivity contribution < 1.29 is 18.0 Å². The highest BCUT2D eigenvalue weighted by Crippen LogP contribution is 2.32. The lowest BCUT2D eigenvalue weighted by Gasteiger charge is -2.47. The van der Waals surface area contributed by atoms with Gasteiger partial charge in [0.2, 0.25) is 21.8 Å². The van der Waals surface area contributed by atoms with Gasteiger partial charge in [-0.25, -0.2) is 8.42 Å². The SMILES string of the molecule is CCCS(=O)(=O)N1CC(=O)N(c2ccc(C)cc2)C(C)(C(=O)NC2CCCCC2)C1. The van der Waals surface area contributed by atoms with Crippen LogP contribution in [0.15, 0.2) is 24.3 Å². The normalized spacial score (nSPS) is 24.1. The van der Waals surface area contributed by atoms with Crippen LogP contribution in [0.25, 0.3) is 0 Å². The van der Waals surface area contributed by atoms with Gasteiger partial charge in [-0.3, -0.25) is 14.5 Å². The second-order valence-electron chi connectivity index (χ2n) is 8.73. The number of hydrogen-bond acceptors (Lipinski definition) is 4. The molecule has 0 radical (unpaired) electrons. The minimum Gasteiger partial charge on any atom is -0.351 e. The summed E-state index contributed by atoms with van der Waals surface area (Å²) >= 11 is 0. The molecule has 1 N–H and O–H groups in total. The number of piperazine rings is 1. The molecule has 0 aromatic heterocycles. The molecule has 0 spiro atoms. The van der Waals surface area contributed by atoms with Gasteiger partial charge < -0.3 is 5.32 Å². The molecule has 1 aliphatic carbocycles. The summed E-state index contributed by atoms with van der Waals surface area (Å²) < 4.78 is 26.7. The topological polar surface area (TPSA) is 86.8 Å². The Morgan fingerprint density at radius 2 is 1.80 bits per heavy atom. The molecule has 1 heterocycles. The fourth-order valence-corrected chi connectivity index (χ4v) is 5.96. The summed E-state index contributed by atoms with van der Waals surface area (Å²) in [5.41, 5.74) is 0.339. The standard InChI is InChI=1S/C22H33N3O4S/c1-4-14-30(28,29)24-15-20(26)25(19-12-10-17(2)11-13-19)22(3,16-24)21(27)23-18-8-6-5-7-9-18/h10-13,18H,4-9,14-16H2,1-3H3,(H,23,27). The van der Waals surface area contributed by atoms with Gasteiger partial charge in [0.15, 0.2) is 0 Å². The monoisotopic (exact) mass is 435 g/mol. The van der Waals surface area contributed by atoms with Gasteiger partial charge in [0.05, 0.1) is 12.3 Å². The summed E-state index contributed by atoms with van der Waals surface area (Å²) in [5.74, 6) is -0.712. The third-order valence-corrected chi connectivity index (χ3v) is 8.09. The summed E-state index contributed by atoms with van der Waals surface area (Å²) in [6.45, 7) is 5.12. The maximum absolute atomic E-state index is 13.5. The minimum atomic E-state index is -3.61. The van der Waals surface area contributed by atoms with Crippen LogP contribution >= 0.6 is 0 Å². The van der Waals surface area contributed by atoms with Crippen LogP contribution in [0.3, 0.4) is 0 Å². The second kappa shape index (κ2) is 9.06. The quantitative estimate of drug-likeness (QED) is 0.744. The molecular weight excluding hydrogens is 402 g/mol. The maximum atomic E-state index is 13.5. The van der Waals surface area contributed by atoms with Gasteiger partial charge in [-0.05, 0) is 45.2 Å². The third-order valence-electron chi connectivity index (χ3n) is 6.12. The van der Waals surface area contributed by atoms with Crippen LogP contribution in [0.5, 0.6) is 0 Å². The van der Waals surface area contributed by atoms with Crippen molar-refractivity contribution in [2.24, 2.45) is 0 Å². The van der Waals surface area contributed by atoms with E-state index in [0.29, 0.717) is 12.1 Å². The molecule has 1 unspecified atom stereocenters. The van der Waals surface area contributed by atoms with E-state index in [2.05, 4.69) is 5.32 Å². The smallest absolute Gasteiger partial charge is 0.247 e. The van der Waals surface area contributed by atoms with E-state index in [9.17, 15) is 18.0 Å². The Hall–Kier alpha value is -1.93. The molecule has 2 fully saturated rings. The lowest BCUT2D eigenvalue weighted by Crippen LogP contribution is -2.71. The first-order valence-corrected chi connectivity index (χ1v) is 12.5. The first-order valence-electron chi connectivity index (χ1n) is 10.9. The number of carbonyl (C=O) groups excluding carboxylic acids is 2. The maximum Gasteiger partial charge on any atom is 0.247 e. The Morgan fingerprint density at radius 1 is 1.17 bits per heavy atom. The van der Waals surface area contributed by atoms with Crippen molar-refractivity contribution in [3.63, 3.8) is 0 Å². The van der Waals surface area contributed by atoms with Gasteiger partial charge in [0.25, 0.3) is 0 Å². The predicted molar refractivity (Wildman–Crippen MR) is 118 cm³/mol. The highest BCUT2D eigenvalue weighted by Gasteiger charge is 2.51. The van der Waals surface area contributed by atoms with Gasteiger partial charge in [0.1, 0.15) is 5.54 Å². The zero-order chi connectivity index (χ0) is 21.9. The summed E-state index contributed by atoms with van der Waals surface area (Å²) in [4.78, 5) is 28.2. The average molecular weight is 436 g/mol. The summed E-state index contributed by atoms with van der Waals surface area (Å²) in [6.07, 6.45) is 5.59. The van der Waals surface area contributed by atoms with Crippen molar-refractivity contribution >= 4 is 27.5 Å². The molecular formula is C22H33N3O4S. The van der Waals surface area contributed by atoms with E-state index >= 15 is 0 Å². The number of rotatable bonds is 6. The lowest BCUT2D eigenvalue weighted by molar-refractivity contribution is -0.133. The van der Waals surface area contributed by atoms with Crippen LogP contribution in [0, 0.1) is 6.92 Å². The Labute approximate surface area is 179 Å². The van der Waals surface area contributed by atoms with Crippen LogP contribution in [0.2, 0.25) is 0 Å². The largest absolute Gasteiger partial charge is 0.351 e. The summed E-state index contributed by atoms with van der Waals surface area (Å²) in [7, 11) is -3.61. The van der Waals surface area contributed by atoms with Gasteiger partial charge in [0, 0.05) is 18.3 Å². The first-order chi connectivity index (χ1) is 14.2. The van der Waals surface area contributed by atoms with E-state index in [1.165, 1.54) is 15.6 Å². The fourth-order valence-electron chi connectivity index (χ4n) is 4.43. The Bertz CT molecular complexity index is 878. The number of sulfonamides is 1. The van der Waals surface area contributed by atoms with E-state index in [1.807, 2.05) is 31.2 Å². The van der Waals surface area contributed by atoms with E-state index in [-0.39, 0.29) is 36.7 Å². The molecule has 8 heteroatoms. The van der Waals surface area contributed by atoms with Crippen LogP contribution in [0.4, 0.5) is 5.69 Å². The first kappa shape index (κ1) is 22.7. The van der Waals surface area contributed by atoms with Crippen LogP contribution in [0.1, 0.15) is 57.9 Å². The van der Waals surface area contributed by atoms with Crippen molar-refractivity contribution in [2.45, 2.75) is 70.9 Å². The number of amides is 2. The highest BCUT2D eigenvalue weighted by molar-refractivity contribution is 7.89. The van der Waals surface area contributed by atoms with Crippen molar-refractivity contribution in [1.82, 2.24) is 9.62 Å². The zero-order valence-corrected chi connectivity index (χ0v) is 19.0. The molecule has 1 aromatic carbocycles. The summed E-state index contributed by atoms with van der Waals surface area (Å²) in [5, 5.41) is 3.11. The average Bonchev–Trinajstić information content (AvgIpc) is 2.69. The lowest BCUT2D eigenvalue weighted by atomic mass is 9.91. The van der Waals surface area contributed by atoms with E-state index < -0.39 is 15.6 Å². The number of anilines is 1. The van der Waals surface area contributed by atoms with Crippen molar-refractivity contribution in [3.05, 3.63) is 29.8 Å². The summed E-state index contributed by atoms with van der Waals surface area (Å²) in [6, 6.07) is 7.48. The molecule has 1 aliphatic heterocycles. The second-order valence-corrected chi connectivity index (χ2v) is 10.8. The molecule has 2 amide bonds. The van der Waals surface area contributed by atoms with Gasteiger partial charge >= 0.3 is 0 Å². The highest BCUT2D eigenvalue weighted by atomic mass is 32.2. The molecule has 166 valence electrons. The third kappa shape index (κ3) is 4.70. The molecule has 0 bridgehead atoms. The van der Waals surface area contributed by atoms with E-state index in [1.54, 1.807) is 13.8 Å². The number of carbonyl (C=O) groups is 2. The van der Waals surface area contributed by atoms with E-state index in [0.717, 1.165) is 31.2 Å². The molecule has 7 nitrogen and oxygen atoms in total. The minimum absolute atomic E-state index is 0.0366. The molecule has 1 atom stereocenters.